The third-order valence-electron chi connectivity index (χ3n) is 3.22. The summed E-state index contributed by atoms with van der Waals surface area (Å²) in [6.45, 7) is 1.77. The van der Waals surface area contributed by atoms with Crippen molar-refractivity contribution in [3.8, 4) is 0 Å². The van der Waals surface area contributed by atoms with Crippen molar-refractivity contribution in [3.63, 3.8) is 0 Å². The van der Waals surface area contributed by atoms with Crippen LogP contribution in [0, 0.1) is 6.92 Å². The molecule has 24 heavy (non-hydrogen) atoms. The lowest BCUT2D eigenvalue weighted by atomic mass is 10.2. The summed E-state index contributed by atoms with van der Waals surface area (Å²) in [4.78, 5) is 16.3. The number of aromatic nitrogens is 4. The second kappa shape index (κ2) is 7.46. The maximum absolute atomic E-state index is 12.4. The number of hydrogen-bond acceptors (Lipinski definition) is 5. The zero-order valence-corrected chi connectivity index (χ0v) is 14.4. The predicted molar refractivity (Wildman–Crippen MR) is 93.7 cm³/mol. The van der Waals surface area contributed by atoms with E-state index in [1.165, 1.54) is 18.0 Å². The monoisotopic (exact) mass is 359 g/mol. The van der Waals surface area contributed by atoms with E-state index < -0.39 is 0 Å². The minimum atomic E-state index is -0.363. The third kappa shape index (κ3) is 3.74. The van der Waals surface area contributed by atoms with E-state index in [0.29, 0.717) is 16.5 Å². The van der Waals surface area contributed by atoms with Crippen LogP contribution in [0.4, 0.5) is 0 Å². The number of amides is 1. The van der Waals surface area contributed by atoms with Crippen molar-refractivity contribution >= 4 is 29.3 Å². The highest BCUT2D eigenvalue weighted by Gasteiger charge is 2.16. The first kappa shape index (κ1) is 16.5. The molecule has 6 nitrogen and oxygen atoms in total. The van der Waals surface area contributed by atoms with E-state index in [1.54, 1.807) is 23.7 Å². The SMILES string of the molecule is Cc1nnc(SCc2ccccc2)n1NC(=O)c1cccnc1Cl. The van der Waals surface area contributed by atoms with Crippen molar-refractivity contribution in [1.29, 1.82) is 0 Å². The van der Waals surface area contributed by atoms with Crippen LogP contribution in [0.5, 0.6) is 0 Å². The molecule has 0 aliphatic rings. The Hall–Kier alpha value is -2.38. The first-order valence-electron chi connectivity index (χ1n) is 7.16. The summed E-state index contributed by atoms with van der Waals surface area (Å²) >= 11 is 7.45. The average molecular weight is 360 g/mol. The molecule has 0 aliphatic heterocycles. The molecule has 2 heterocycles. The fraction of sp³-hybridized carbons (Fsp3) is 0.125. The minimum absolute atomic E-state index is 0.152. The Morgan fingerprint density at radius 2 is 2.00 bits per heavy atom. The van der Waals surface area contributed by atoms with Crippen molar-refractivity contribution in [2.45, 2.75) is 17.8 Å². The molecular weight excluding hydrogens is 346 g/mol. The van der Waals surface area contributed by atoms with E-state index in [9.17, 15) is 4.79 Å². The Balaban J connectivity index is 1.75. The van der Waals surface area contributed by atoms with Crippen molar-refractivity contribution in [3.05, 3.63) is 70.8 Å². The lowest BCUT2D eigenvalue weighted by Crippen LogP contribution is -2.25. The molecule has 0 aliphatic carbocycles. The second-order valence-electron chi connectivity index (χ2n) is 4.92. The first-order valence-corrected chi connectivity index (χ1v) is 8.52. The molecule has 0 saturated heterocycles. The normalized spacial score (nSPS) is 10.6. The van der Waals surface area contributed by atoms with Crippen molar-refractivity contribution in [1.82, 2.24) is 19.9 Å². The number of benzene rings is 1. The quantitative estimate of drug-likeness (QED) is 0.559. The molecule has 0 fully saturated rings. The van der Waals surface area contributed by atoms with Crippen molar-refractivity contribution < 1.29 is 4.79 Å². The molecule has 2 aromatic heterocycles. The van der Waals surface area contributed by atoms with Gasteiger partial charge in [-0.15, -0.1) is 10.2 Å². The van der Waals surface area contributed by atoms with Crippen LogP contribution in [-0.2, 0) is 5.75 Å². The summed E-state index contributed by atoms with van der Waals surface area (Å²) in [6, 6.07) is 13.3. The molecule has 1 N–H and O–H groups in total. The smallest absolute Gasteiger partial charge is 0.267 e. The Morgan fingerprint density at radius 3 is 2.75 bits per heavy atom. The first-order chi connectivity index (χ1) is 11.6. The van der Waals surface area contributed by atoms with Crippen LogP contribution in [-0.4, -0.2) is 25.8 Å². The van der Waals surface area contributed by atoms with Gasteiger partial charge in [0.2, 0.25) is 5.16 Å². The number of carbonyl (C=O) groups excluding carboxylic acids is 1. The number of thioether (sulfide) groups is 1. The topological polar surface area (TPSA) is 72.7 Å². The highest BCUT2D eigenvalue weighted by Crippen LogP contribution is 2.21. The average Bonchev–Trinajstić information content (AvgIpc) is 2.94. The Kier molecular flexibility index (Phi) is 5.12. The van der Waals surface area contributed by atoms with Crippen LogP contribution in [0.2, 0.25) is 5.15 Å². The van der Waals surface area contributed by atoms with Crippen LogP contribution in [0.3, 0.4) is 0 Å². The number of nitrogens with zero attached hydrogens (tertiary/aromatic N) is 4. The zero-order valence-electron chi connectivity index (χ0n) is 12.8. The number of aryl methyl sites for hydroxylation is 1. The van der Waals surface area contributed by atoms with Gasteiger partial charge in [0.05, 0.1) is 5.56 Å². The maximum Gasteiger partial charge on any atom is 0.273 e. The molecule has 122 valence electrons. The molecular formula is C16H14ClN5OS. The van der Waals surface area contributed by atoms with E-state index in [4.69, 9.17) is 11.6 Å². The van der Waals surface area contributed by atoms with Gasteiger partial charge >= 0.3 is 0 Å². The van der Waals surface area contributed by atoms with Crippen LogP contribution in [0.25, 0.3) is 0 Å². The molecule has 0 saturated carbocycles. The molecule has 0 unspecified atom stereocenters. The molecule has 0 atom stereocenters. The Bertz CT molecular complexity index is 853. The highest BCUT2D eigenvalue weighted by atomic mass is 35.5. The summed E-state index contributed by atoms with van der Waals surface area (Å²) in [6.07, 6.45) is 1.53. The van der Waals surface area contributed by atoms with Crippen LogP contribution in [0.15, 0.2) is 53.8 Å². The number of pyridine rings is 1. The summed E-state index contributed by atoms with van der Waals surface area (Å²) in [5, 5.41) is 8.89. The molecule has 1 aromatic carbocycles. The van der Waals surface area contributed by atoms with Gasteiger partial charge in [-0.1, -0.05) is 53.7 Å². The maximum atomic E-state index is 12.4. The molecule has 1 amide bonds. The summed E-state index contributed by atoms with van der Waals surface area (Å²) < 4.78 is 1.55. The lowest BCUT2D eigenvalue weighted by Gasteiger charge is -2.10. The van der Waals surface area contributed by atoms with Gasteiger partial charge in [0.15, 0.2) is 0 Å². The number of nitrogens with one attached hydrogen (secondary N) is 1. The Labute approximate surface area is 148 Å². The lowest BCUT2D eigenvalue weighted by molar-refractivity contribution is 0.100. The number of hydrogen-bond donors (Lipinski definition) is 1. The van der Waals surface area contributed by atoms with Crippen molar-refractivity contribution in [2.75, 3.05) is 5.43 Å². The van der Waals surface area contributed by atoms with Gasteiger partial charge < -0.3 is 0 Å². The molecule has 8 heteroatoms. The number of rotatable bonds is 5. The van der Waals surface area contributed by atoms with Gasteiger partial charge in [-0.25, -0.2) is 9.66 Å². The summed E-state index contributed by atoms with van der Waals surface area (Å²) in [7, 11) is 0. The second-order valence-corrected chi connectivity index (χ2v) is 6.22. The van der Waals surface area contributed by atoms with Gasteiger partial charge in [0, 0.05) is 11.9 Å². The van der Waals surface area contributed by atoms with Gasteiger partial charge in [-0.05, 0) is 24.6 Å². The molecule has 3 aromatic rings. The fourth-order valence-electron chi connectivity index (χ4n) is 2.00. The van der Waals surface area contributed by atoms with E-state index in [1.807, 2.05) is 30.3 Å². The number of carbonyl (C=O) groups is 1. The summed E-state index contributed by atoms with van der Waals surface area (Å²) in [5.41, 5.74) is 4.22. The van der Waals surface area contributed by atoms with Gasteiger partial charge in [-0.2, -0.15) is 0 Å². The Morgan fingerprint density at radius 1 is 1.21 bits per heavy atom. The molecule has 3 rings (SSSR count). The van der Waals surface area contributed by atoms with Gasteiger partial charge in [-0.3, -0.25) is 10.2 Å². The fourth-order valence-corrected chi connectivity index (χ4v) is 3.10. The van der Waals surface area contributed by atoms with E-state index in [2.05, 4.69) is 20.6 Å². The van der Waals surface area contributed by atoms with E-state index >= 15 is 0 Å². The molecule has 0 bridgehead atoms. The zero-order chi connectivity index (χ0) is 16.9. The van der Waals surface area contributed by atoms with Gasteiger partial charge in [0.1, 0.15) is 11.0 Å². The van der Waals surface area contributed by atoms with Crippen LogP contribution >= 0.6 is 23.4 Å². The predicted octanol–water partition coefficient (Wildman–Crippen LogP) is 3.31. The van der Waals surface area contributed by atoms with Crippen LogP contribution in [0.1, 0.15) is 21.7 Å². The third-order valence-corrected chi connectivity index (χ3v) is 4.52. The number of halogens is 1. The van der Waals surface area contributed by atoms with E-state index in [0.717, 1.165) is 11.3 Å². The standard InChI is InChI=1S/C16H14ClN5OS/c1-11-19-20-16(24-10-12-6-3-2-4-7-12)22(11)21-15(23)13-8-5-9-18-14(13)17/h2-9H,10H2,1H3,(H,21,23). The highest BCUT2D eigenvalue weighted by molar-refractivity contribution is 7.98. The molecule has 0 radical (unpaired) electrons. The van der Waals surface area contributed by atoms with Crippen molar-refractivity contribution in [2.24, 2.45) is 0 Å². The minimum Gasteiger partial charge on any atom is -0.267 e. The molecule has 0 spiro atoms. The van der Waals surface area contributed by atoms with Gasteiger partial charge in [0.25, 0.3) is 5.91 Å². The largest absolute Gasteiger partial charge is 0.273 e. The summed E-state index contributed by atoms with van der Waals surface area (Å²) in [5.74, 6) is 0.944. The van der Waals surface area contributed by atoms with Crippen LogP contribution < -0.4 is 5.43 Å². The van der Waals surface area contributed by atoms with E-state index in [-0.39, 0.29) is 11.1 Å².